The Balaban J connectivity index is 1.93. The molecule has 1 aromatic carbocycles. The summed E-state index contributed by atoms with van der Waals surface area (Å²) in [6.45, 7) is 2.00. The van der Waals surface area contributed by atoms with Gasteiger partial charge in [0.25, 0.3) is 0 Å². The maximum Gasteiger partial charge on any atom is 0.232 e. The first-order valence-electron chi connectivity index (χ1n) is 6.74. The molecule has 0 radical (unpaired) electrons. The van der Waals surface area contributed by atoms with Gasteiger partial charge in [0.1, 0.15) is 5.75 Å². The van der Waals surface area contributed by atoms with Crippen LogP contribution in [-0.2, 0) is 16.0 Å². The van der Waals surface area contributed by atoms with E-state index in [4.69, 9.17) is 9.47 Å². The minimum Gasteiger partial charge on any atom is -0.497 e. The van der Waals surface area contributed by atoms with Crippen LogP contribution < -0.4 is 4.74 Å². The summed E-state index contributed by atoms with van der Waals surface area (Å²) in [4.78, 5) is 13.8. The van der Waals surface area contributed by atoms with Crippen LogP contribution in [0.3, 0.4) is 0 Å². The molecule has 0 aromatic heterocycles. The van der Waals surface area contributed by atoms with Crippen LogP contribution in [0.1, 0.15) is 5.56 Å². The molecule has 1 aliphatic heterocycles. The maximum absolute atomic E-state index is 11.9. The van der Waals surface area contributed by atoms with Gasteiger partial charge in [0, 0.05) is 19.5 Å². The van der Waals surface area contributed by atoms with E-state index in [-0.39, 0.29) is 12.0 Å². The number of nitrogens with zero attached hydrogens (tertiary/aromatic N) is 1. The van der Waals surface area contributed by atoms with Gasteiger partial charge in [-0.15, -0.1) is 0 Å². The molecule has 1 heterocycles. The molecule has 1 aliphatic rings. The second-order valence-electron chi connectivity index (χ2n) is 4.82. The Labute approximate surface area is 124 Å². The number of thioether (sulfide) groups is 1. The third kappa shape index (κ3) is 4.15. The second kappa shape index (κ2) is 7.55. The largest absolute Gasteiger partial charge is 0.497 e. The van der Waals surface area contributed by atoms with Crippen molar-refractivity contribution in [3.05, 3.63) is 29.8 Å². The lowest BCUT2D eigenvalue weighted by atomic mass is 10.1. The lowest BCUT2D eigenvalue weighted by molar-refractivity contribution is -0.135. The van der Waals surface area contributed by atoms with E-state index in [1.54, 1.807) is 18.9 Å². The number of carbonyl (C=O) groups is 1. The summed E-state index contributed by atoms with van der Waals surface area (Å²) in [5, 5.41) is 0. The fourth-order valence-electron chi connectivity index (χ4n) is 2.35. The number of morpholine rings is 1. The standard InChI is InChI=1S/C15H21NO3S/c1-18-13-5-3-4-12(8-13)9-14-10-16(6-7-19-14)15(17)11-20-2/h3-5,8,14H,6-7,9-11H2,1-2H3/t14-/m1/s1. The van der Waals surface area contributed by atoms with Crippen LogP contribution in [0.15, 0.2) is 24.3 Å². The highest BCUT2D eigenvalue weighted by molar-refractivity contribution is 7.99. The van der Waals surface area contributed by atoms with Crippen LogP contribution in [0.5, 0.6) is 5.75 Å². The molecule has 1 aromatic rings. The van der Waals surface area contributed by atoms with Gasteiger partial charge in [-0.2, -0.15) is 11.8 Å². The van der Waals surface area contributed by atoms with Crippen molar-refractivity contribution in [2.24, 2.45) is 0 Å². The number of hydrogen-bond donors (Lipinski definition) is 0. The van der Waals surface area contributed by atoms with Crippen molar-refractivity contribution in [1.82, 2.24) is 4.90 Å². The Morgan fingerprint density at radius 1 is 1.55 bits per heavy atom. The molecular weight excluding hydrogens is 274 g/mol. The lowest BCUT2D eigenvalue weighted by Gasteiger charge is -2.33. The van der Waals surface area contributed by atoms with Crippen LogP contribution in [0.4, 0.5) is 0 Å². The highest BCUT2D eigenvalue weighted by Gasteiger charge is 2.24. The van der Waals surface area contributed by atoms with Gasteiger partial charge in [-0.25, -0.2) is 0 Å². The van der Waals surface area contributed by atoms with E-state index in [2.05, 4.69) is 6.07 Å². The van der Waals surface area contributed by atoms with Gasteiger partial charge in [0.05, 0.1) is 25.6 Å². The molecule has 2 rings (SSSR count). The van der Waals surface area contributed by atoms with E-state index in [0.717, 1.165) is 12.2 Å². The first-order valence-corrected chi connectivity index (χ1v) is 8.13. The highest BCUT2D eigenvalue weighted by atomic mass is 32.2. The molecule has 4 nitrogen and oxygen atoms in total. The zero-order chi connectivity index (χ0) is 14.4. The average molecular weight is 295 g/mol. The van der Waals surface area contributed by atoms with Crippen LogP contribution in [-0.4, -0.2) is 55.7 Å². The Hall–Kier alpha value is -1.20. The summed E-state index contributed by atoms with van der Waals surface area (Å²) < 4.78 is 11.0. The molecule has 110 valence electrons. The summed E-state index contributed by atoms with van der Waals surface area (Å²) >= 11 is 1.56. The van der Waals surface area contributed by atoms with Crippen molar-refractivity contribution < 1.29 is 14.3 Å². The topological polar surface area (TPSA) is 38.8 Å². The highest BCUT2D eigenvalue weighted by Crippen LogP contribution is 2.17. The molecule has 0 saturated carbocycles. The van der Waals surface area contributed by atoms with Gasteiger partial charge in [0.15, 0.2) is 0 Å². The normalized spacial score (nSPS) is 18.9. The molecule has 1 atom stereocenters. The van der Waals surface area contributed by atoms with Gasteiger partial charge in [-0.1, -0.05) is 12.1 Å². The fraction of sp³-hybridized carbons (Fsp3) is 0.533. The van der Waals surface area contributed by atoms with Gasteiger partial charge < -0.3 is 14.4 Å². The van der Waals surface area contributed by atoms with Crippen LogP contribution in [0, 0.1) is 0 Å². The van der Waals surface area contributed by atoms with Gasteiger partial charge in [-0.3, -0.25) is 4.79 Å². The molecule has 0 N–H and O–H groups in total. The van der Waals surface area contributed by atoms with Crippen molar-refractivity contribution in [3.63, 3.8) is 0 Å². The molecule has 1 saturated heterocycles. The SMILES string of the molecule is COc1cccc(C[C@@H]2CN(C(=O)CSC)CCO2)c1. The monoisotopic (exact) mass is 295 g/mol. The van der Waals surface area contributed by atoms with Crippen LogP contribution in [0.25, 0.3) is 0 Å². The average Bonchev–Trinajstić information content (AvgIpc) is 2.48. The molecule has 0 unspecified atom stereocenters. The number of amides is 1. The smallest absolute Gasteiger partial charge is 0.232 e. The summed E-state index contributed by atoms with van der Waals surface area (Å²) in [5.41, 5.74) is 1.17. The zero-order valence-electron chi connectivity index (χ0n) is 12.0. The first kappa shape index (κ1) is 15.2. The zero-order valence-corrected chi connectivity index (χ0v) is 12.8. The van der Waals surface area contributed by atoms with E-state index >= 15 is 0 Å². The number of hydrogen-bond acceptors (Lipinski definition) is 4. The van der Waals surface area contributed by atoms with Crippen LogP contribution >= 0.6 is 11.8 Å². The molecule has 1 amide bonds. The van der Waals surface area contributed by atoms with E-state index in [0.29, 0.717) is 25.4 Å². The van der Waals surface area contributed by atoms with Gasteiger partial charge >= 0.3 is 0 Å². The van der Waals surface area contributed by atoms with Crippen LogP contribution in [0.2, 0.25) is 0 Å². The Morgan fingerprint density at radius 2 is 2.40 bits per heavy atom. The predicted molar refractivity (Wildman–Crippen MR) is 81.4 cm³/mol. The van der Waals surface area contributed by atoms with Crippen molar-refractivity contribution >= 4 is 17.7 Å². The molecule has 20 heavy (non-hydrogen) atoms. The minimum atomic E-state index is 0.0710. The summed E-state index contributed by atoms with van der Waals surface area (Å²) in [7, 11) is 1.67. The Kier molecular flexibility index (Phi) is 5.73. The minimum absolute atomic E-state index is 0.0710. The van der Waals surface area contributed by atoms with E-state index < -0.39 is 0 Å². The third-order valence-corrected chi connectivity index (χ3v) is 3.89. The summed E-state index contributed by atoms with van der Waals surface area (Å²) in [6, 6.07) is 7.99. The van der Waals surface area contributed by atoms with E-state index in [9.17, 15) is 4.79 Å². The fourth-order valence-corrected chi connectivity index (χ4v) is 2.78. The molecule has 5 heteroatoms. The third-order valence-electron chi connectivity index (χ3n) is 3.36. The number of ether oxygens (including phenoxy) is 2. The summed E-state index contributed by atoms with van der Waals surface area (Å²) in [6.07, 6.45) is 2.83. The lowest BCUT2D eigenvalue weighted by Crippen LogP contribution is -2.47. The number of methoxy groups -OCH3 is 1. The van der Waals surface area contributed by atoms with Crippen molar-refractivity contribution in [2.45, 2.75) is 12.5 Å². The van der Waals surface area contributed by atoms with Crippen molar-refractivity contribution in [3.8, 4) is 5.75 Å². The molecule has 0 spiro atoms. The predicted octanol–water partition coefficient (Wildman–Crippen LogP) is 1.83. The van der Waals surface area contributed by atoms with E-state index in [1.807, 2.05) is 29.4 Å². The quantitative estimate of drug-likeness (QED) is 0.831. The second-order valence-corrected chi connectivity index (χ2v) is 5.69. The maximum atomic E-state index is 11.9. The Morgan fingerprint density at radius 3 is 3.15 bits per heavy atom. The van der Waals surface area contributed by atoms with Crippen molar-refractivity contribution in [1.29, 1.82) is 0 Å². The molecular formula is C15H21NO3S. The van der Waals surface area contributed by atoms with E-state index in [1.165, 1.54) is 5.56 Å². The number of benzene rings is 1. The summed E-state index contributed by atoms with van der Waals surface area (Å²) in [5.74, 6) is 1.61. The first-order chi connectivity index (χ1) is 9.72. The Bertz CT molecular complexity index is 452. The number of carbonyl (C=O) groups excluding carboxylic acids is 1. The van der Waals surface area contributed by atoms with Gasteiger partial charge in [-0.05, 0) is 24.0 Å². The number of rotatable bonds is 5. The molecule has 0 bridgehead atoms. The van der Waals surface area contributed by atoms with Gasteiger partial charge in [0.2, 0.25) is 5.91 Å². The molecule has 1 fully saturated rings. The van der Waals surface area contributed by atoms with Crippen molar-refractivity contribution in [2.75, 3.05) is 38.8 Å². The molecule has 0 aliphatic carbocycles.